The van der Waals surface area contributed by atoms with Gasteiger partial charge in [0.1, 0.15) is 17.1 Å². The molecule has 0 atom stereocenters. The number of hydrogen-bond acceptors (Lipinski definition) is 4. The number of carbonyl (C=O) groups excluding carboxylic acids is 2. The fraction of sp³-hybridized carbons (Fsp3) is 0.143. The second-order valence-corrected chi connectivity index (χ2v) is 6.54. The van der Waals surface area contributed by atoms with Crippen LogP contribution in [0, 0.1) is 0 Å². The number of benzene rings is 2. The predicted octanol–water partition coefficient (Wildman–Crippen LogP) is 4.21. The Balaban J connectivity index is 1.60. The summed E-state index contributed by atoms with van der Waals surface area (Å²) < 4.78 is 10.8. The zero-order chi connectivity index (χ0) is 20.1. The van der Waals surface area contributed by atoms with Gasteiger partial charge in [-0.3, -0.25) is 9.59 Å². The number of likely N-dealkylation sites (N-methyl/N-ethyl adjacent to an activating group) is 1. The number of carbonyl (C=O) groups is 2. The number of fused-ring (bicyclic) bond motifs is 1. The summed E-state index contributed by atoms with van der Waals surface area (Å²) in [5.41, 5.74) is 1.19. The molecule has 1 aromatic heterocycles. The molecule has 0 saturated heterocycles. The van der Waals surface area contributed by atoms with E-state index in [0.717, 1.165) is 11.0 Å². The van der Waals surface area contributed by atoms with E-state index in [0.29, 0.717) is 22.2 Å². The number of furan rings is 1. The lowest BCUT2D eigenvalue weighted by Crippen LogP contribution is -2.33. The molecule has 3 rings (SSSR count). The smallest absolute Gasteiger partial charge is 0.246 e. The normalized spacial score (nSPS) is 11.0. The van der Waals surface area contributed by atoms with Crippen LogP contribution >= 0.6 is 11.6 Å². The third-order valence-electron chi connectivity index (χ3n) is 4.03. The molecular formula is C21H19ClN2O4. The van der Waals surface area contributed by atoms with Gasteiger partial charge in [-0.15, -0.1) is 0 Å². The maximum absolute atomic E-state index is 12.3. The van der Waals surface area contributed by atoms with Gasteiger partial charge in [-0.25, -0.2) is 0 Å². The summed E-state index contributed by atoms with van der Waals surface area (Å²) >= 11 is 5.95. The van der Waals surface area contributed by atoms with Gasteiger partial charge < -0.3 is 19.4 Å². The minimum Gasteiger partial charge on any atom is -0.495 e. The number of amides is 2. The van der Waals surface area contributed by atoms with Crippen molar-refractivity contribution in [3.8, 4) is 5.75 Å². The number of methoxy groups -OCH3 is 1. The van der Waals surface area contributed by atoms with E-state index < -0.39 is 0 Å². The molecule has 0 spiro atoms. The Morgan fingerprint density at radius 3 is 2.75 bits per heavy atom. The molecule has 2 amide bonds. The highest BCUT2D eigenvalue weighted by Crippen LogP contribution is 2.27. The number of ether oxygens (including phenoxy) is 1. The second-order valence-electron chi connectivity index (χ2n) is 6.11. The van der Waals surface area contributed by atoms with Crippen molar-refractivity contribution in [2.75, 3.05) is 26.0 Å². The fourth-order valence-corrected chi connectivity index (χ4v) is 2.80. The van der Waals surface area contributed by atoms with E-state index in [1.165, 1.54) is 18.1 Å². The molecule has 0 aliphatic heterocycles. The molecular weight excluding hydrogens is 380 g/mol. The number of rotatable bonds is 6. The topological polar surface area (TPSA) is 71.8 Å². The van der Waals surface area contributed by atoms with Crippen molar-refractivity contribution in [3.63, 3.8) is 0 Å². The summed E-state index contributed by atoms with van der Waals surface area (Å²) in [6, 6.07) is 14.3. The van der Waals surface area contributed by atoms with Crippen molar-refractivity contribution in [3.05, 3.63) is 65.4 Å². The molecule has 1 N–H and O–H groups in total. The van der Waals surface area contributed by atoms with E-state index in [-0.39, 0.29) is 18.4 Å². The molecule has 28 heavy (non-hydrogen) atoms. The Hall–Kier alpha value is -3.25. The molecule has 0 bridgehead atoms. The molecule has 0 saturated carbocycles. The van der Waals surface area contributed by atoms with E-state index in [1.54, 1.807) is 31.3 Å². The van der Waals surface area contributed by atoms with Gasteiger partial charge in [-0.05, 0) is 36.4 Å². The maximum Gasteiger partial charge on any atom is 0.246 e. The van der Waals surface area contributed by atoms with Crippen molar-refractivity contribution in [1.82, 2.24) is 4.90 Å². The van der Waals surface area contributed by atoms with Gasteiger partial charge in [0.2, 0.25) is 11.8 Å². The van der Waals surface area contributed by atoms with Crippen molar-refractivity contribution in [2.24, 2.45) is 0 Å². The number of halogens is 1. The van der Waals surface area contributed by atoms with Gasteiger partial charge in [-0.2, -0.15) is 0 Å². The fourth-order valence-electron chi connectivity index (χ4n) is 2.63. The van der Waals surface area contributed by atoms with Gasteiger partial charge in [-0.1, -0.05) is 29.8 Å². The van der Waals surface area contributed by atoms with Crippen LogP contribution < -0.4 is 10.1 Å². The zero-order valence-corrected chi connectivity index (χ0v) is 16.2. The molecule has 0 radical (unpaired) electrons. The summed E-state index contributed by atoms with van der Waals surface area (Å²) in [5.74, 6) is 0.356. The molecule has 0 aliphatic rings. The van der Waals surface area contributed by atoms with E-state index in [9.17, 15) is 9.59 Å². The lowest BCUT2D eigenvalue weighted by Gasteiger charge is -2.16. The van der Waals surface area contributed by atoms with Crippen LogP contribution in [0.5, 0.6) is 5.75 Å². The number of nitrogens with one attached hydrogen (secondary N) is 1. The van der Waals surface area contributed by atoms with Crippen LogP contribution in [-0.2, 0) is 9.59 Å². The highest BCUT2D eigenvalue weighted by molar-refractivity contribution is 6.31. The van der Waals surface area contributed by atoms with E-state index in [4.69, 9.17) is 20.8 Å². The first-order chi connectivity index (χ1) is 13.5. The van der Waals surface area contributed by atoms with Gasteiger partial charge in [0.25, 0.3) is 0 Å². The van der Waals surface area contributed by atoms with Gasteiger partial charge in [0, 0.05) is 23.5 Å². The molecule has 144 valence electrons. The molecule has 7 heteroatoms. The summed E-state index contributed by atoms with van der Waals surface area (Å²) in [5, 5.41) is 4.12. The average molecular weight is 399 g/mol. The van der Waals surface area contributed by atoms with E-state index in [2.05, 4.69) is 5.32 Å². The van der Waals surface area contributed by atoms with Crippen LogP contribution in [0.25, 0.3) is 17.0 Å². The number of para-hydroxylation sites is 1. The first-order valence-electron chi connectivity index (χ1n) is 8.51. The molecule has 0 unspecified atom stereocenters. The van der Waals surface area contributed by atoms with Gasteiger partial charge in [0.05, 0.1) is 19.3 Å². The second kappa shape index (κ2) is 8.63. The van der Waals surface area contributed by atoms with Crippen molar-refractivity contribution in [1.29, 1.82) is 0 Å². The largest absolute Gasteiger partial charge is 0.495 e. The van der Waals surface area contributed by atoms with E-state index in [1.807, 2.05) is 30.3 Å². The molecule has 3 aromatic rings. The lowest BCUT2D eigenvalue weighted by molar-refractivity contribution is -0.129. The molecule has 0 fully saturated rings. The lowest BCUT2D eigenvalue weighted by atomic mass is 10.2. The quantitative estimate of drug-likeness (QED) is 0.631. The van der Waals surface area contributed by atoms with E-state index >= 15 is 0 Å². The van der Waals surface area contributed by atoms with Crippen molar-refractivity contribution >= 4 is 46.1 Å². The average Bonchev–Trinajstić information content (AvgIpc) is 3.09. The van der Waals surface area contributed by atoms with Crippen LogP contribution in [0.1, 0.15) is 5.76 Å². The van der Waals surface area contributed by atoms with Crippen LogP contribution in [-0.4, -0.2) is 37.4 Å². The van der Waals surface area contributed by atoms with Crippen LogP contribution in [0.2, 0.25) is 5.02 Å². The first kappa shape index (κ1) is 19.5. The number of hydrogen-bond donors (Lipinski definition) is 1. The highest BCUT2D eigenvalue weighted by Gasteiger charge is 2.13. The Morgan fingerprint density at radius 1 is 1.21 bits per heavy atom. The summed E-state index contributed by atoms with van der Waals surface area (Å²) in [7, 11) is 3.04. The highest BCUT2D eigenvalue weighted by atomic mass is 35.5. The minimum absolute atomic E-state index is 0.126. The SMILES string of the molecule is COc1ccc(Cl)cc1NC(=O)CN(C)C(=O)/C=C/c1cc2ccccc2o1. The maximum atomic E-state index is 12.3. The van der Waals surface area contributed by atoms with Gasteiger partial charge in [0.15, 0.2) is 0 Å². The third kappa shape index (κ3) is 4.72. The molecule has 0 aliphatic carbocycles. The first-order valence-corrected chi connectivity index (χ1v) is 8.89. The van der Waals surface area contributed by atoms with Gasteiger partial charge >= 0.3 is 0 Å². The Morgan fingerprint density at radius 2 is 2.00 bits per heavy atom. The minimum atomic E-state index is -0.367. The monoisotopic (exact) mass is 398 g/mol. The van der Waals surface area contributed by atoms with Crippen LogP contribution in [0.3, 0.4) is 0 Å². The number of nitrogens with zero attached hydrogens (tertiary/aromatic N) is 1. The van der Waals surface area contributed by atoms with Crippen molar-refractivity contribution < 1.29 is 18.7 Å². The Bertz CT molecular complexity index is 1010. The molecule has 6 nitrogen and oxygen atoms in total. The standard InChI is InChI=1S/C21H19ClN2O4/c1-24(13-20(25)23-17-12-15(22)7-9-19(17)27-2)21(26)10-8-16-11-14-5-3-4-6-18(14)28-16/h3-12H,13H2,1-2H3,(H,23,25)/b10-8+. The third-order valence-corrected chi connectivity index (χ3v) is 4.26. The Labute approximate surface area is 167 Å². The Kier molecular flexibility index (Phi) is 6.01. The summed E-state index contributed by atoms with van der Waals surface area (Å²) in [4.78, 5) is 25.8. The molecule has 1 heterocycles. The molecule has 2 aromatic carbocycles. The predicted molar refractivity (Wildman–Crippen MR) is 110 cm³/mol. The van der Waals surface area contributed by atoms with Crippen LogP contribution in [0.15, 0.2) is 59.0 Å². The zero-order valence-electron chi connectivity index (χ0n) is 15.4. The summed E-state index contributed by atoms with van der Waals surface area (Å²) in [6.07, 6.45) is 2.95. The van der Waals surface area contributed by atoms with Crippen molar-refractivity contribution in [2.45, 2.75) is 0 Å². The number of anilines is 1. The summed E-state index contributed by atoms with van der Waals surface area (Å²) in [6.45, 7) is -0.126. The van der Waals surface area contributed by atoms with Crippen LogP contribution in [0.4, 0.5) is 5.69 Å².